The number of H-pyrrole nitrogens is 1. The first kappa shape index (κ1) is 13.4. The highest BCUT2D eigenvalue weighted by Crippen LogP contribution is 2.16. The van der Waals surface area contributed by atoms with Crippen molar-refractivity contribution in [3.63, 3.8) is 0 Å². The minimum Gasteiger partial charge on any atom is -0.265 e. The highest BCUT2D eigenvalue weighted by Gasteiger charge is 2.02. The molecule has 104 valence electrons. The van der Waals surface area contributed by atoms with Crippen LogP contribution in [0.15, 0.2) is 52.4 Å². The first-order valence-corrected chi connectivity index (χ1v) is 6.78. The second-order valence-electron chi connectivity index (χ2n) is 4.54. The van der Waals surface area contributed by atoms with Crippen LogP contribution in [0, 0.1) is 11.7 Å². The molecule has 0 aliphatic rings. The van der Waals surface area contributed by atoms with E-state index < -0.39 is 0 Å². The molecule has 0 saturated carbocycles. The van der Waals surface area contributed by atoms with Crippen molar-refractivity contribution in [2.45, 2.75) is 6.92 Å². The van der Waals surface area contributed by atoms with Crippen LogP contribution in [0.25, 0.3) is 10.8 Å². The normalized spacial score (nSPS) is 11.3. The summed E-state index contributed by atoms with van der Waals surface area (Å²) in [5.41, 5.74) is 0.915. The van der Waals surface area contributed by atoms with Gasteiger partial charge in [0.25, 0.3) is 5.56 Å². The van der Waals surface area contributed by atoms with Gasteiger partial charge in [-0.15, -0.1) is 0 Å². The zero-order valence-corrected chi connectivity index (χ0v) is 12.1. The Hall–Kier alpha value is -2.60. The summed E-state index contributed by atoms with van der Waals surface area (Å²) in [7, 11) is 0. The number of aryl methyl sites for hydroxylation is 1. The molecule has 3 rings (SSSR count). The third-order valence-electron chi connectivity index (χ3n) is 3.15. The summed E-state index contributed by atoms with van der Waals surface area (Å²) in [5, 5.41) is 12.8. The van der Waals surface area contributed by atoms with Crippen LogP contribution in [0.1, 0.15) is 11.3 Å². The molecule has 0 aliphatic carbocycles. The largest absolute Gasteiger partial charge is 0.296 e. The lowest BCUT2D eigenvalue weighted by Crippen LogP contribution is -2.22. The lowest BCUT2D eigenvalue weighted by Gasteiger charge is -2.02. The fourth-order valence-electron chi connectivity index (χ4n) is 2.06. The van der Waals surface area contributed by atoms with Crippen LogP contribution in [-0.4, -0.2) is 21.1 Å². The Bertz CT molecular complexity index is 950. The van der Waals surface area contributed by atoms with E-state index in [9.17, 15) is 4.79 Å². The average Bonchev–Trinajstić information content (AvgIpc) is 2.51. The van der Waals surface area contributed by atoms with Crippen molar-refractivity contribution >= 4 is 29.2 Å². The van der Waals surface area contributed by atoms with Crippen molar-refractivity contribution in [1.82, 2.24) is 14.9 Å². The molecule has 21 heavy (non-hydrogen) atoms. The average molecular weight is 296 g/mol. The first-order valence-electron chi connectivity index (χ1n) is 6.37. The van der Waals surface area contributed by atoms with Crippen LogP contribution in [-0.2, 0) is 0 Å². The highest BCUT2D eigenvalue weighted by molar-refractivity contribution is 7.71. The van der Waals surface area contributed by atoms with Gasteiger partial charge in [-0.3, -0.25) is 9.89 Å². The van der Waals surface area contributed by atoms with Gasteiger partial charge in [0.1, 0.15) is 5.69 Å². The number of rotatable bonds is 2. The fraction of sp³-hybridized carbons (Fsp3) is 0.0667. The number of aromatic amines is 1. The molecule has 0 unspecified atom stereocenters. The molecule has 0 amide bonds. The number of aromatic nitrogens is 3. The summed E-state index contributed by atoms with van der Waals surface area (Å²) in [4.78, 5) is 12.0. The van der Waals surface area contributed by atoms with E-state index in [4.69, 9.17) is 12.2 Å². The van der Waals surface area contributed by atoms with Crippen LogP contribution < -0.4 is 5.56 Å². The summed E-state index contributed by atoms with van der Waals surface area (Å²) in [6.45, 7) is 1.61. The molecule has 0 spiro atoms. The van der Waals surface area contributed by atoms with Gasteiger partial charge in [-0.1, -0.05) is 42.5 Å². The topological polar surface area (TPSA) is 63.0 Å². The van der Waals surface area contributed by atoms with E-state index in [0.29, 0.717) is 5.69 Å². The summed E-state index contributed by atoms with van der Waals surface area (Å²) in [6.07, 6.45) is 1.63. The van der Waals surface area contributed by atoms with Crippen molar-refractivity contribution in [2.75, 3.05) is 0 Å². The number of hydrogen-bond acceptors (Lipinski definition) is 4. The van der Waals surface area contributed by atoms with Crippen molar-refractivity contribution in [2.24, 2.45) is 5.10 Å². The molecular weight excluding hydrogens is 284 g/mol. The molecule has 2 aromatic carbocycles. The third-order valence-corrected chi connectivity index (χ3v) is 3.41. The standard InChI is InChI=1S/C15H12N4OS/c1-10-14(20)19(15(21)18-17-10)16-9-12-7-4-6-11-5-2-3-8-13(11)12/h2-9H,1H3,(H,18,21)/b16-9-. The molecule has 0 fully saturated rings. The Morgan fingerprint density at radius 2 is 2.00 bits per heavy atom. The number of benzene rings is 2. The van der Waals surface area contributed by atoms with E-state index in [0.717, 1.165) is 21.0 Å². The van der Waals surface area contributed by atoms with Crippen LogP contribution in [0.3, 0.4) is 0 Å². The Labute approximate surface area is 125 Å². The molecule has 1 heterocycles. The Kier molecular flexibility index (Phi) is 3.45. The second-order valence-corrected chi connectivity index (χ2v) is 4.93. The molecule has 5 nitrogen and oxygen atoms in total. The van der Waals surface area contributed by atoms with Gasteiger partial charge in [-0.25, -0.2) is 0 Å². The number of nitrogens with zero attached hydrogens (tertiary/aromatic N) is 3. The summed E-state index contributed by atoms with van der Waals surface area (Å²) in [5.74, 6) is 0. The van der Waals surface area contributed by atoms with Gasteiger partial charge in [-0.05, 0) is 29.9 Å². The molecule has 0 atom stereocenters. The molecular formula is C15H12N4OS. The van der Waals surface area contributed by atoms with Gasteiger partial charge in [0.05, 0.1) is 6.21 Å². The van der Waals surface area contributed by atoms with E-state index in [1.165, 1.54) is 0 Å². The number of nitrogens with one attached hydrogen (secondary N) is 1. The van der Waals surface area contributed by atoms with Crippen LogP contribution in [0.4, 0.5) is 0 Å². The molecule has 3 aromatic rings. The molecule has 0 aliphatic heterocycles. The molecule has 0 bridgehead atoms. The van der Waals surface area contributed by atoms with Gasteiger partial charge >= 0.3 is 0 Å². The smallest absolute Gasteiger partial charge is 0.265 e. The highest BCUT2D eigenvalue weighted by atomic mass is 32.1. The van der Waals surface area contributed by atoms with Gasteiger partial charge < -0.3 is 0 Å². The predicted octanol–water partition coefficient (Wildman–Crippen LogP) is 2.64. The molecule has 1 N–H and O–H groups in total. The molecule has 1 aromatic heterocycles. The second kappa shape index (κ2) is 5.41. The predicted molar refractivity (Wildman–Crippen MR) is 85.4 cm³/mol. The summed E-state index contributed by atoms with van der Waals surface area (Å²) >= 11 is 5.04. The van der Waals surface area contributed by atoms with E-state index >= 15 is 0 Å². The van der Waals surface area contributed by atoms with Crippen LogP contribution in [0.2, 0.25) is 0 Å². The van der Waals surface area contributed by atoms with Crippen LogP contribution in [0.5, 0.6) is 0 Å². The lowest BCUT2D eigenvalue weighted by molar-refractivity contribution is 0.720. The molecule has 6 heteroatoms. The van der Waals surface area contributed by atoms with E-state index in [1.807, 2.05) is 42.5 Å². The quantitative estimate of drug-likeness (QED) is 0.584. The van der Waals surface area contributed by atoms with Crippen molar-refractivity contribution in [1.29, 1.82) is 0 Å². The van der Waals surface area contributed by atoms with Gasteiger partial charge in [0.15, 0.2) is 0 Å². The maximum absolute atomic E-state index is 12.0. The molecule has 0 saturated heterocycles. The minimum atomic E-state index is -0.324. The Morgan fingerprint density at radius 3 is 2.86 bits per heavy atom. The maximum atomic E-state index is 12.0. The fourth-order valence-corrected chi connectivity index (χ4v) is 2.24. The Morgan fingerprint density at radius 1 is 1.24 bits per heavy atom. The van der Waals surface area contributed by atoms with E-state index in [-0.39, 0.29) is 10.3 Å². The third kappa shape index (κ3) is 2.53. The minimum absolute atomic E-state index is 0.169. The summed E-state index contributed by atoms with van der Waals surface area (Å²) in [6, 6.07) is 13.9. The Balaban J connectivity index is 2.13. The lowest BCUT2D eigenvalue weighted by atomic mass is 10.1. The first-order chi connectivity index (χ1) is 10.2. The number of hydrogen-bond donors (Lipinski definition) is 1. The van der Waals surface area contributed by atoms with Crippen LogP contribution >= 0.6 is 12.2 Å². The zero-order chi connectivity index (χ0) is 14.8. The SMILES string of the molecule is Cc1n[nH]c(=S)n(/N=C\c2cccc3ccccc23)c1=O. The van der Waals surface area contributed by atoms with E-state index in [2.05, 4.69) is 15.3 Å². The summed E-state index contributed by atoms with van der Waals surface area (Å²) < 4.78 is 1.31. The maximum Gasteiger partial charge on any atom is 0.296 e. The monoisotopic (exact) mass is 296 g/mol. The van der Waals surface area contributed by atoms with E-state index in [1.54, 1.807) is 13.1 Å². The van der Waals surface area contributed by atoms with Gasteiger partial charge in [0.2, 0.25) is 4.77 Å². The van der Waals surface area contributed by atoms with Crippen molar-refractivity contribution in [3.05, 3.63) is 68.8 Å². The van der Waals surface area contributed by atoms with Gasteiger partial charge in [-0.2, -0.15) is 14.9 Å². The molecule has 0 radical (unpaired) electrons. The zero-order valence-electron chi connectivity index (χ0n) is 11.3. The number of fused-ring (bicyclic) bond motifs is 1. The van der Waals surface area contributed by atoms with Gasteiger partial charge in [0, 0.05) is 5.56 Å². The van der Waals surface area contributed by atoms with Crippen molar-refractivity contribution in [3.8, 4) is 0 Å². The van der Waals surface area contributed by atoms with Crippen molar-refractivity contribution < 1.29 is 0 Å².